The number of esters is 1. The van der Waals surface area contributed by atoms with Crippen LogP contribution in [0.25, 0.3) is 0 Å². The van der Waals surface area contributed by atoms with Gasteiger partial charge in [-0.15, -0.1) is 11.3 Å². The normalized spacial score (nSPS) is 17.6. The number of thiophene rings is 1. The zero-order valence-electron chi connectivity index (χ0n) is 14.5. The molecule has 3 heterocycles. The number of carbonyl (C=O) groups is 2. The van der Waals surface area contributed by atoms with E-state index in [1.54, 1.807) is 18.4 Å². The number of aromatic nitrogens is 1. The van der Waals surface area contributed by atoms with E-state index in [2.05, 4.69) is 20.9 Å². The topological polar surface area (TPSA) is 63.6 Å². The van der Waals surface area contributed by atoms with Gasteiger partial charge >= 0.3 is 5.97 Å². The molecule has 1 saturated heterocycles. The minimum absolute atomic E-state index is 0.103. The van der Waals surface area contributed by atoms with Crippen molar-refractivity contribution in [1.82, 2.24) is 9.47 Å². The predicted molar refractivity (Wildman–Crippen MR) is 97.9 cm³/mol. The number of amides is 1. The van der Waals surface area contributed by atoms with Gasteiger partial charge in [-0.25, -0.2) is 4.79 Å². The third-order valence-corrected chi connectivity index (χ3v) is 5.28. The SMILES string of the molecule is CCOC(=O)c1ccsc1NC(=O)CN1CCC[C@@H]1c1cccn1C. The number of aryl methyl sites for hydroxylation is 1. The maximum atomic E-state index is 12.5. The van der Waals surface area contributed by atoms with Crippen molar-refractivity contribution in [3.05, 3.63) is 41.0 Å². The number of nitrogens with zero attached hydrogens (tertiary/aromatic N) is 2. The second-order valence-corrected chi connectivity index (χ2v) is 7.02. The van der Waals surface area contributed by atoms with Crippen LogP contribution in [0.5, 0.6) is 0 Å². The first-order chi connectivity index (χ1) is 12.1. The average molecular weight is 361 g/mol. The van der Waals surface area contributed by atoms with Crippen LogP contribution < -0.4 is 5.32 Å². The molecule has 0 saturated carbocycles. The molecule has 2 aromatic rings. The molecule has 6 nitrogen and oxygen atoms in total. The Labute approximate surface area is 151 Å². The van der Waals surface area contributed by atoms with Crippen LogP contribution in [-0.4, -0.2) is 41.0 Å². The second kappa shape index (κ2) is 7.84. The van der Waals surface area contributed by atoms with Gasteiger partial charge < -0.3 is 14.6 Å². The van der Waals surface area contributed by atoms with Crippen molar-refractivity contribution in [3.8, 4) is 0 Å². The molecule has 1 N–H and O–H groups in total. The second-order valence-electron chi connectivity index (χ2n) is 6.10. The summed E-state index contributed by atoms with van der Waals surface area (Å²) in [5.74, 6) is -0.504. The first kappa shape index (κ1) is 17.7. The first-order valence-corrected chi connectivity index (χ1v) is 9.38. The molecule has 1 aliphatic rings. The molecule has 0 bridgehead atoms. The molecular weight excluding hydrogens is 338 g/mol. The largest absolute Gasteiger partial charge is 0.462 e. The van der Waals surface area contributed by atoms with E-state index in [0.29, 0.717) is 23.7 Å². The minimum Gasteiger partial charge on any atom is -0.462 e. The smallest absolute Gasteiger partial charge is 0.341 e. The van der Waals surface area contributed by atoms with Gasteiger partial charge in [-0.1, -0.05) is 0 Å². The molecular formula is C18H23N3O3S. The molecule has 1 amide bonds. The van der Waals surface area contributed by atoms with Gasteiger partial charge in [-0.2, -0.15) is 0 Å². The number of nitrogens with one attached hydrogen (secondary N) is 1. The summed E-state index contributed by atoms with van der Waals surface area (Å²) >= 11 is 1.34. The van der Waals surface area contributed by atoms with Gasteiger partial charge in [0.05, 0.1) is 24.8 Å². The highest BCUT2D eigenvalue weighted by molar-refractivity contribution is 7.14. The zero-order chi connectivity index (χ0) is 17.8. The van der Waals surface area contributed by atoms with Crippen LogP contribution in [0, 0.1) is 0 Å². The standard InChI is InChI=1S/C18H23N3O3S/c1-3-24-18(23)13-8-11-25-17(13)19-16(22)12-21-10-5-7-15(21)14-6-4-9-20(14)2/h4,6,8-9,11,15H,3,5,7,10,12H2,1-2H3,(H,19,22)/t15-/m1/s1. The third-order valence-electron chi connectivity index (χ3n) is 4.45. The van der Waals surface area contributed by atoms with Crippen molar-refractivity contribution in [2.24, 2.45) is 7.05 Å². The van der Waals surface area contributed by atoms with Gasteiger partial charge in [0.15, 0.2) is 0 Å². The maximum Gasteiger partial charge on any atom is 0.341 e. The summed E-state index contributed by atoms with van der Waals surface area (Å²) in [4.78, 5) is 26.6. The van der Waals surface area contributed by atoms with Crippen molar-refractivity contribution >= 4 is 28.2 Å². The summed E-state index contributed by atoms with van der Waals surface area (Å²) in [5.41, 5.74) is 1.65. The van der Waals surface area contributed by atoms with Crippen molar-refractivity contribution in [2.75, 3.05) is 25.0 Å². The Hall–Kier alpha value is -2.12. The lowest BCUT2D eigenvalue weighted by molar-refractivity contribution is -0.117. The van der Waals surface area contributed by atoms with Crippen molar-refractivity contribution in [2.45, 2.75) is 25.8 Å². The highest BCUT2D eigenvalue weighted by Crippen LogP contribution is 2.32. The Morgan fingerprint density at radius 1 is 1.40 bits per heavy atom. The number of hydrogen-bond acceptors (Lipinski definition) is 5. The molecule has 0 unspecified atom stereocenters. The van der Waals surface area contributed by atoms with E-state index in [9.17, 15) is 9.59 Å². The van der Waals surface area contributed by atoms with Crippen LogP contribution in [0.1, 0.15) is 41.9 Å². The fourth-order valence-corrected chi connectivity index (χ4v) is 4.09. The quantitative estimate of drug-likeness (QED) is 0.803. The molecule has 25 heavy (non-hydrogen) atoms. The van der Waals surface area contributed by atoms with Crippen LogP contribution in [0.3, 0.4) is 0 Å². The van der Waals surface area contributed by atoms with Crippen LogP contribution >= 0.6 is 11.3 Å². The van der Waals surface area contributed by atoms with Crippen LogP contribution in [0.15, 0.2) is 29.8 Å². The number of carbonyl (C=O) groups excluding carboxylic acids is 2. The number of anilines is 1. The molecule has 7 heteroatoms. The zero-order valence-corrected chi connectivity index (χ0v) is 15.3. The molecule has 0 aliphatic carbocycles. The fourth-order valence-electron chi connectivity index (χ4n) is 3.30. The lowest BCUT2D eigenvalue weighted by Crippen LogP contribution is -2.33. The Morgan fingerprint density at radius 2 is 2.24 bits per heavy atom. The Kier molecular flexibility index (Phi) is 5.55. The first-order valence-electron chi connectivity index (χ1n) is 8.50. The van der Waals surface area contributed by atoms with Crippen molar-refractivity contribution < 1.29 is 14.3 Å². The van der Waals surface area contributed by atoms with Crippen LogP contribution in [0.2, 0.25) is 0 Å². The summed E-state index contributed by atoms with van der Waals surface area (Å²) < 4.78 is 7.13. The summed E-state index contributed by atoms with van der Waals surface area (Å²) in [5, 5.41) is 5.20. The van der Waals surface area contributed by atoms with Gasteiger partial charge in [-0.3, -0.25) is 9.69 Å². The van der Waals surface area contributed by atoms with E-state index in [1.807, 2.05) is 19.3 Å². The van der Waals surface area contributed by atoms with Gasteiger partial charge in [0.1, 0.15) is 5.00 Å². The van der Waals surface area contributed by atoms with E-state index in [-0.39, 0.29) is 11.9 Å². The number of ether oxygens (including phenoxy) is 1. The van der Waals surface area contributed by atoms with E-state index in [0.717, 1.165) is 19.4 Å². The van der Waals surface area contributed by atoms with Gasteiger partial charge in [0, 0.05) is 18.9 Å². The maximum absolute atomic E-state index is 12.5. The highest BCUT2D eigenvalue weighted by Gasteiger charge is 2.29. The molecule has 134 valence electrons. The molecule has 0 spiro atoms. The summed E-state index contributed by atoms with van der Waals surface area (Å²) in [6.45, 7) is 3.29. The van der Waals surface area contributed by atoms with Gasteiger partial charge in [0.25, 0.3) is 0 Å². The number of hydrogen-bond donors (Lipinski definition) is 1. The average Bonchev–Trinajstić information content (AvgIpc) is 3.29. The lowest BCUT2D eigenvalue weighted by Gasteiger charge is -2.24. The van der Waals surface area contributed by atoms with Crippen LogP contribution in [0.4, 0.5) is 5.00 Å². The van der Waals surface area contributed by atoms with Gasteiger partial charge in [-0.05, 0) is 49.9 Å². The monoisotopic (exact) mass is 361 g/mol. The van der Waals surface area contributed by atoms with Crippen molar-refractivity contribution in [3.63, 3.8) is 0 Å². The minimum atomic E-state index is -0.401. The summed E-state index contributed by atoms with van der Waals surface area (Å²) in [6.07, 6.45) is 4.16. The predicted octanol–water partition coefficient (Wildman–Crippen LogP) is 3.04. The third kappa shape index (κ3) is 3.93. The fraction of sp³-hybridized carbons (Fsp3) is 0.444. The molecule has 1 atom stereocenters. The number of rotatable bonds is 6. The number of likely N-dealkylation sites (tertiary alicyclic amines) is 1. The molecule has 3 rings (SSSR count). The Balaban J connectivity index is 1.64. The molecule has 1 aliphatic heterocycles. The van der Waals surface area contributed by atoms with E-state index in [4.69, 9.17) is 4.74 Å². The van der Waals surface area contributed by atoms with E-state index in [1.165, 1.54) is 17.0 Å². The summed E-state index contributed by atoms with van der Waals surface area (Å²) in [7, 11) is 2.03. The summed E-state index contributed by atoms with van der Waals surface area (Å²) in [6, 6.07) is 6.09. The van der Waals surface area contributed by atoms with Crippen LogP contribution in [-0.2, 0) is 16.6 Å². The Bertz CT molecular complexity index is 752. The van der Waals surface area contributed by atoms with Gasteiger partial charge in [0.2, 0.25) is 5.91 Å². The molecule has 0 aromatic carbocycles. The molecule has 2 aromatic heterocycles. The van der Waals surface area contributed by atoms with Crippen molar-refractivity contribution in [1.29, 1.82) is 0 Å². The lowest BCUT2D eigenvalue weighted by atomic mass is 10.1. The Morgan fingerprint density at radius 3 is 2.96 bits per heavy atom. The molecule has 1 fully saturated rings. The molecule has 0 radical (unpaired) electrons. The van der Waals surface area contributed by atoms with E-state index < -0.39 is 5.97 Å². The highest BCUT2D eigenvalue weighted by atomic mass is 32.1. The van der Waals surface area contributed by atoms with E-state index >= 15 is 0 Å².